The lowest BCUT2D eigenvalue weighted by molar-refractivity contribution is -0.136. The number of carbonyl (C=O) groups is 2. The van der Waals surface area contributed by atoms with Crippen molar-refractivity contribution in [3.8, 4) is 0 Å². The molecule has 3 heterocycles. The van der Waals surface area contributed by atoms with Gasteiger partial charge in [0.1, 0.15) is 5.76 Å². The number of nitrogens with zero attached hydrogens (tertiary/aromatic N) is 2. The maximum Gasteiger partial charge on any atom is 0.228 e. The van der Waals surface area contributed by atoms with Gasteiger partial charge in [-0.2, -0.15) is 0 Å². The maximum atomic E-state index is 12.7. The third kappa shape index (κ3) is 3.64. The molecule has 2 amide bonds. The first-order valence-corrected chi connectivity index (χ1v) is 8.66. The molecule has 0 bridgehead atoms. The number of hydrogen-bond donors (Lipinski definition) is 0. The van der Waals surface area contributed by atoms with E-state index in [1.165, 1.54) is 0 Å². The molecule has 0 radical (unpaired) electrons. The Labute approximate surface area is 139 Å². The highest BCUT2D eigenvalue weighted by atomic mass is 32.1. The molecule has 5 nitrogen and oxygen atoms in total. The zero-order valence-electron chi connectivity index (χ0n) is 13.1. The average molecular weight is 332 g/mol. The van der Waals surface area contributed by atoms with Crippen LogP contribution in [-0.2, 0) is 22.7 Å². The predicted molar refractivity (Wildman–Crippen MR) is 87.6 cm³/mol. The lowest BCUT2D eigenvalue weighted by Crippen LogP contribution is -2.36. The number of thiophene rings is 1. The van der Waals surface area contributed by atoms with Crippen molar-refractivity contribution in [3.05, 3.63) is 46.5 Å². The number of amides is 2. The molecule has 122 valence electrons. The van der Waals surface area contributed by atoms with Crippen molar-refractivity contribution in [2.75, 3.05) is 13.1 Å². The van der Waals surface area contributed by atoms with Crippen LogP contribution < -0.4 is 0 Å². The highest BCUT2D eigenvalue weighted by Crippen LogP contribution is 2.23. The molecule has 1 aliphatic heterocycles. The summed E-state index contributed by atoms with van der Waals surface area (Å²) in [5, 5.41) is 2.01. The van der Waals surface area contributed by atoms with E-state index in [0.717, 1.165) is 10.6 Å². The van der Waals surface area contributed by atoms with Crippen LogP contribution in [0.5, 0.6) is 0 Å². The van der Waals surface area contributed by atoms with Crippen molar-refractivity contribution in [1.82, 2.24) is 9.80 Å². The highest BCUT2D eigenvalue weighted by molar-refractivity contribution is 7.09. The van der Waals surface area contributed by atoms with Gasteiger partial charge in [0.05, 0.1) is 25.3 Å². The summed E-state index contributed by atoms with van der Waals surface area (Å²) in [6, 6.07) is 7.67. The maximum absolute atomic E-state index is 12.7. The van der Waals surface area contributed by atoms with Gasteiger partial charge < -0.3 is 14.2 Å². The third-order valence-corrected chi connectivity index (χ3v) is 4.97. The zero-order valence-corrected chi connectivity index (χ0v) is 13.9. The number of furan rings is 1. The largest absolute Gasteiger partial charge is 0.467 e. The first kappa shape index (κ1) is 15.8. The summed E-state index contributed by atoms with van der Waals surface area (Å²) in [5.74, 6) is 0.581. The topological polar surface area (TPSA) is 53.8 Å². The molecule has 3 rings (SSSR count). The van der Waals surface area contributed by atoms with E-state index in [4.69, 9.17) is 4.42 Å². The summed E-state index contributed by atoms with van der Waals surface area (Å²) in [6.45, 7) is 4.16. The minimum atomic E-state index is -0.252. The van der Waals surface area contributed by atoms with E-state index in [2.05, 4.69) is 0 Å². The summed E-state index contributed by atoms with van der Waals surface area (Å²) in [7, 11) is 0. The van der Waals surface area contributed by atoms with E-state index in [0.29, 0.717) is 32.6 Å². The molecule has 1 fully saturated rings. The van der Waals surface area contributed by atoms with Crippen LogP contribution in [0.25, 0.3) is 0 Å². The lowest BCUT2D eigenvalue weighted by Gasteiger charge is -2.23. The molecule has 0 spiro atoms. The molecule has 2 aromatic heterocycles. The van der Waals surface area contributed by atoms with Crippen molar-refractivity contribution < 1.29 is 14.0 Å². The molecule has 0 saturated carbocycles. The minimum absolute atomic E-state index is 0.0203. The Balaban J connectivity index is 1.62. The summed E-state index contributed by atoms with van der Waals surface area (Å²) in [6.07, 6.45) is 1.89. The second-order valence-corrected chi connectivity index (χ2v) is 6.72. The third-order valence-electron chi connectivity index (χ3n) is 4.11. The second-order valence-electron chi connectivity index (χ2n) is 5.69. The summed E-state index contributed by atoms with van der Waals surface area (Å²) in [5.41, 5.74) is 0. The Bertz CT molecular complexity index is 651. The molecule has 0 unspecified atom stereocenters. The van der Waals surface area contributed by atoms with E-state index < -0.39 is 0 Å². The van der Waals surface area contributed by atoms with Crippen LogP contribution in [0.2, 0.25) is 0 Å². The van der Waals surface area contributed by atoms with Crippen LogP contribution in [-0.4, -0.2) is 34.7 Å². The highest BCUT2D eigenvalue weighted by Gasteiger charge is 2.36. The Morgan fingerprint density at radius 3 is 2.96 bits per heavy atom. The lowest BCUT2D eigenvalue weighted by atomic mass is 10.1. The number of hydrogen-bond acceptors (Lipinski definition) is 4. The normalized spacial score (nSPS) is 17.7. The van der Waals surface area contributed by atoms with Gasteiger partial charge >= 0.3 is 0 Å². The first-order chi connectivity index (χ1) is 11.2. The molecule has 23 heavy (non-hydrogen) atoms. The smallest absolute Gasteiger partial charge is 0.228 e. The minimum Gasteiger partial charge on any atom is -0.467 e. The van der Waals surface area contributed by atoms with E-state index in [1.54, 1.807) is 28.6 Å². The Morgan fingerprint density at radius 2 is 2.30 bits per heavy atom. The van der Waals surface area contributed by atoms with Gasteiger partial charge in [-0.15, -0.1) is 11.3 Å². The van der Waals surface area contributed by atoms with Crippen molar-refractivity contribution in [2.45, 2.75) is 26.4 Å². The van der Waals surface area contributed by atoms with Crippen LogP contribution in [0.1, 0.15) is 24.0 Å². The van der Waals surface area contributed by atoms with E-state index >= 15 is 0 Å². The SMILES string of the molecule is CCN(Cc1cccs1)C(=O)[C@H]1CC(=O)N(Cc2ccco2)C1. The fraction of sp³-hybridized carbons (Fsp3) is 0.412. The monoisotopic (exact) mass is 332 g/mol. The predicted octanol–water partition coefficient (Wildman–Crippen LogP) is 2.74. The first-order valence-electron chi connectivity index (χ1n) is 7.78. The van der Waals surface area contributed by atoms with Gasteiger partial charge in [0, 0.05) is 24.4 Å². The molecule has 0 aromatic carbocycles. The van der Waals surface area contributed by atoms with Gasteiger partial charge in [0.2, 0.25) is 11.8 Å². The van der Waals surface area contributed by atoms with Crippen molar-refractivity contribution in [3.63, 3.8) is 0 Å². The summed E-state index contributed by atoms with van der Waals surface area (Å²) < 4.78 is 5.29. The number of likely N-dealkylation sites (tertiary alicyclic amines) is 1. The van der Waals surface area contributed by atoms with E-state index in [9.17, 15) is 9.59 Å². The molecule has 0 N–H and O–H groups in total. The number of rotatable bonds is 6. The molecule has 2 aromatic rings. The molecule has 1 saturated heterocycles. The molecule has 6 heteroatoms. The van der Waals surface area contributed by atoms with E-state index in [1.807, 2.05) is 35.4 Å². The van der Waals surface area contributed by atoms with E-state index in [-0.39, 0.29) is 17.7 Å². The summed E-state index contributed by atoms with van der Waals surface area (Å²) >= 11 is 1.65. The molecule has 0 aliphatic carbocycles. The van der Waals surface area contributed by atoms with Gasteiger partial charge in [0.25, 0.3) is 0 Å². The van der Waals surface area contributed by atoms with Gasteiger partial charge in [-0.3, -0.25) is 9.59 Å². The fourth-order valence-corrected chi connectivity index (χ4v) is 3.59. The van der Waals surface area contributed by atoms with Crippen LogP contribution in [0.3, 0.4) is 0 Å². The Morgan fingerprint density at radius 1 is 1.43 bits per heavy atom. The average Bonchev–Trinajstić information content (AvgIpc) is 3.28. The Kier molecular flexibility index (Phi) is 4.81. The van der Waals surface area contributed by atoms with Crippen LogP contribution >= 0.6 is 11.3 Å². The standard InChI is InChI=1S/C17H20N2O3S/c1-2-18(12-15-6-4-8-23-15)17(21)13-9-16(20)19(10-13)11-14-5-3-7-22-14/h3-8,13H,2,9-12H2,1H3/t13-/m0/s1. The Hall–Kier alpha value is -2.08. The van der Waals surface area contributed by atoms with Crippen molar-refractivity contribution in [2.24, 2.45) is 5.92 Å². The second kappa shape index (κ2) is 7.00. The fourth-order valence-electron chi connectivity index (χ4n) is 2.88. The molecule has 1 atom stereocenters. The quantitative estimate of drug-likeness (QED) is 0.817. The summed E-state index contributed by atoms with van der Waals surface area (Å²) in [4.78, 5) is 29.6. The molecular weight excluding hydrogens is 312 g/mol. The number of carbonyl (C=O) groups excluding carboxylic acids is 2. The van der Waals surface area contributed by atoms with Crippen molar-refractivity contribution >= 4 is 23.2 Å². The zero-order chi connectivity index (χ0) is 16.2. The van der Waals surface area contributed by atoms with Gasteiger partial charge in [0.15, 0.2) is 0 Å². The van der Waals surface area contributed by atoms with Crippen LogP contribution in [0.15, 0.2) is 40.3 Å². The van der Waals surface area contributed by atoms with Gasteiger partial charge in [-0.05, 0) is 30.5 Å². The van der Waals surface area contributed by atoms with Gasteiger partial charge in [-0.1, -0.05) is 6.07 Å². The molecular formula is C17H20N2O3S. The van der Waals surface area contributed by atoms with Crippen LogP contribution in [0, 0.1) is 5.92 Å². The van der Waals surface area contributed by atoms with Crippen molar-refractivity contribution in [1.29, 1.82) is 0 Å². The molecule has 1 aliphatic rings. The van der Waals surface area contributed by atoms with Crippen LogP contribution in [0.4, 0.5) is 0 Å². The van der Waals surface area contributed by atoms with Gasteiger partial charge in [-0.25, -0.2) is 0 Å².